The number of aromatic nitrogens is 3. The molecule has 7 nitrogen and oxygen atoms in total. The first-order valence-corrected chi connectivity index (χ1v) is 10.1. The largest absolute Gasteiger partial charge is 0.454 e. The maximum absolute atomic E-state index is 12.4. The van der Waals surface area contributed by atoms with Crippen molar-refractivity contribution in [3.05, 3.63) is 60.1 Å². The first-order chi connectivity index (χ1) is 14.1. The fraction of sp³-hybridized carbons (Fsp3) is 0.150. The Balaban J connectivity index is 1.45. The molecule has 0 unspecified atom stereocenters. The molecule has 148 valence electrons. The third-order valence-corrected chi connectivity index (χ3v) is 5.30. The summed E-state index contributed by atoms with van der Waals surface area (Å²) in [6.07, 6.45) is 1.76. The van der Waals surface area contributed by atoms with Crippen LogP contribution in [0.3, 0.4) is 0 Å². The monoisotopic (exact) mass is 428 g/mol. The van der Waals surface area contributed by atoms with Crippen molar-refractivity contribution in [1.29, 1.82) is 0 Å². The summed E-state index contributed by atoms with van der Waals surface area (Å²) in [7, 11) is 0. The second-order valence-corrected chi connectivity index (χ2v) is 7.50. The fourth-order valence-corrected chi connectivity index (χ4v) is 3.77. The van der Waals surface area contributed by atoms with Crippen LogP contribution in [0.1, 0.15) is 0 Å². The third-order valence-electron chi connectivity index (χ3n) is 4.10. The van der Waals surface area contributed by atoms with Crippen LogP contribution in [0.5, 0.6) is 11.5 Å². The summed E-state index contributed by atoms with van der Waals surface area (Å²) in [5, 5.41) is 12.6. The first-order valence-electron chi connectivity index (χ1n) is 8.76. The van der Waals surface area contributed by atoms with Gasteiger partial charge in [0.15, 0.2) is 22.5 Å². The number of rotatable bonds is 7. The van der Waals surface area contributed by atoms with Crippen molar-refractivity contribution in [3.63, 3.8) is 0 Å². The highest BCUT2D eigenvalue weighted by Crippen LogP contribution is 2.34. The van der Waals surface area contributed by atoms with Gasteiger partial charge in [-0.05, 0) is 24.3 Å². The van der Waals surface area contributed by atoms with E-state index in [1.807, 2.05) is 22.8 Å². The summed E-state index contributed by atoms with van der Waals surface area (Å²) in [4.78, 5) is 12.4. The molecule has 29 heavy (non-hydrogen) atoms. The van der Waals surface area contributed by atoms with E-state index in [-0.39, 0.29) is 18.5 Å². The minimum absolute atomic E-state index is 0.161. The number of halogens is 1. The number of amides is 1. The van der Waals surface area contributed by atoms with Gasteiger partial charge in [-0.1, -0.05) is 41.6 Å². The van der Waals surface area contributed by atoms with Gasteiger partial charge in [0.2, 0.25) is 12.7 Å². The van der Waals surface area contributed by atoms with Crippen molar-refractivity contribution in [2.24, 2.45) is 0 Å². The van der Waals surface area contributed by atoms with Crippen molar-refractivity contribution >= 4 is 35.0 Å². The Morgan fingerprint density at radius 1 is 1.24 bits per heavy atom. The van der Waals surface area contributed by atoms with E-state index in [9.17, 15) is 4.79 Å². The van der Waals surface area contributed by atoms with Gasteiger partial charge in [-0.2, -0.15) is 0 Å². The Morgan fingerprint density at radius 2 is 2.10 bits per heavy atom. The van der Waals surface area contributed by atoms with E-state index in [0.717, 1.165) is 5.56 Å². The molecule has 4 rings (SSSR count). The zero-order chi connectivity index (χ0) is 20.2. The van der Waals surface area contributed by atoms with Crippen molar-refractivity contribution in [2.45, 2.75) is 11.7 Å². The summed E-state index contributed by atoms with van der Waals surface area (Å²) in [5.74, 6) is 1.98. The normalized spacial score (nSPS) is 12.0. The lowest BCUT2D eigenvalue weighted by atomic mass is 10.2. The van der Waals surface area contributed by atoms with E-state index in [0.29, 0.717) is 39.7 Å². The van der Waals surface area contributed by atoms with Crippen LogP contribution in [0, 0.1) is 0 Å². The second-order valence-electron chi connectivity index (χ2n) is 6.12. The Kier molecular flexibility index (Phi) is 5.73. The summed E-state index contributed by atoms with van der Waals surface area (Å²) in [6.45, 7) is 4.50. The molecule has 2 heterocycles. The van der Waals surface area contributed by atoms with E-state index < -0.39 is 0 Å². The summed E-state index contributed by atoms with van der Waals surface area (Å²) in [5.41, 5.74) is 1.50. The topological polar surface area (TPSA) is 78.3 Å². The predicted molar refractivity (Wildman–Crippen MR) is 113 cm³/mol. The van der Waals surface area contributed by atoms with Crippen LogP contribution in [0.4, 0.5) is 5.69 Å². The fourth-order valence-electron chi connectivity index (χ4n) is 2.83. The summed E-state index contributed by atoms with van der Waals surface area (Å²) in [6, 6.07) is 12.7. The van der Waals surface area contributed by atoms with Gasteiger partial charge in [0.05, 0.1) is 5.75 Å². The maximum Gasteiger partial charge on any atom is 0.234 e. The number of ether oxygens (including phenoxy) is 2. The third kappa shape index (κ3) is 4.38. The van der Waals surface area contributed by atoms with Gasteiger partial charge in [-0.3, -0.25) is 9.36 Å². The van der Waals surface area contributed by atoms with Crippen LogP contribution in [-0.4, -0.2) is 33.2 Å². The Hall–Kier alpha value is -2.97. The van der Waals surface area contributed by atoms with Gasteiger partial charge in [0.1, 0.15) is 0 Å². The van der Waals surface area contributed by atoms with Gasteiger partial charge in [-0.25, -0.2) is 0 Å². The van der Waals surface area contributed by atoms with Gasteiger partial charge in [0.25, 0.3) is 0 Å². The molecule has 1 aliphatic rings. The zero-order valence-electron chi connectivity index (χ0n) is 15.3. The molecule has 0 saturated heterocycles. The van der Waals surface area contributed by atoms with Gasteiger partial charge in [-0.15, -0.1) is 16.8 Å². The number of benzene rings is 2. The Morgan fingerprint density at radius 3 is 2.93 bits per heavy atom. The molecule has 0 saturated carbocycles. The van der Waals surface area contributed by atoms with Crippen LogP contribution in [0.25, 0.3) is 11.4 Å². The number of hydrogen-bond acceptors (Lipinski definition) is 6. The van der Waals surface area contributed by atoms with Gasteiger partial charge < -0.3 is 14.8 Å². The number of carbonyl (C=O) groups excluding carboxylic acids is 1. The molecule has 3 aromatic rings. The van der Waals surface area contributed by atoms with Crippen molar-refractivity contribution in [1.82, 2.24) is 14.8 Å². The van der Waals surface area contributed by atoms with E-state index >= 15 is 0 Å². The Bertz CT molecular complexity index is 1070. The number of nitrogens with zero attached hydrogens (tertiary/aromatic N) is 3. The molecule has 1 aliphatic heterocycles. The van der Waals surface area contributed by atoms with E-state index in [2.05, 4.69) is 22.1 Å². The minimum atomic E-state index is -0.161. The quantitative estimate of drug-likeness (QED) is 0.448. The molecule has 0 fully saturated rings. The van der Waals surface area contributed by atoms with Gasteiger partial charge >= 0.3 is 0 Å². The molecule has 9 heteroatoms. The smallest absolute Gasteiger partial charge is 0.234 e. The standard InChI is InChI=1S/C20H17ClN4O3S/c1-2-8-25-19(13-4-3-5-14(21)9-13)23-24-20(25)29-11-18(26)22-15-6-7-16-17(10-15)28-12-27-16/h2-7,9-10H,1,8,11-12H2,(H,22,26). The molecule has 0 bridgehead atoms. The molecule has 0 spiro atoms. The first kappa shape index (κ1) is 19.4. The Labute approximate surface area is 176 Å². The minimum Gasteiger partial charge on any atom is -0.454 e. The number of carbonyl (C=O) groups is 1. The molecule has 1 N–H and O–H groups in total. The van der Waals surface area contributed by atoms with E-state index in [4.69, 9.17) is 21.1 Å². The number of nitrogens with one attached hydrogen (secondary N) is 1. The lowest BCUT2D eigenvalue weighted by Gasteiger charge is -2.09. The van der Waals surface area contributed by atoms with E-state index in [1.54, 1.807) is 30.3 Å². The summed E-state index contributed by atoms with van der Waals surface area (Å²) >= 11 is 7.39. The number of allylic oxidation sites excluding steroid dienone is 1. The molecule has 0 atom stereocenters. The maximum atomic E-state index is 12.4. The summed E-state index contributed by atoms with van der Waals surface area (Å²) < 4.78 is 12.5. The van der Waals surface area contributed by atoms with E-state index in [1.165, 1.54) is 11.8 Å². The SMILES string of the molecule is C=CCn1c(SCC(=O)Nc2ccc3c(c2)OCO3)nnc1-c1cccc(Cl)c1. The van der Waals surface area contributed by atoms with Crippen LogP contribution in [-0.2, 0) is 11.3 Å². The average Bonchev–Trinajstić information content (AvgIpc) is 3.33. The highest BCUT2D eigenvalue weighted by molar-refractivity contribution is 7.99. The second kappa shape index (κ2) is 8.59. The van der Waals surface area contributed by atoms with Gasteiger partial charge in [0, 0.05) is 28.9 Å². The van der Waals surface area contributed by atoms with Crippen LogP contribution in [0.2, 0.25) is 5.02 Å². The lowest BCUT2D eigenvalue weighted by Crippen LogP contribution is -2.14. The molecule has 0 radical (unpaired) electrons. The number of thioether (sulfide) groups is 1. The predicted octanol–water partition coefficient (Wildman–Crippen LogP) is 4.24. The van der Waals surface area contributed by atoms with Crippen LogP contribution in [0.15, 0.2) is 60.3 Å². The molecule has 1 aromatic heterocycles. The lowest BCUT2D eigenvalue weighted by molar-refractivity contribution is -0.113. The van der Waals surface area contributed by atoms with Crippen molar-refractivity contribution in [2.75, 3.05) is 17.9 Å². The molecular formula is C20H17ClN4O3S. The molecule has 2 aromatic carbocycles. The van der Waals surface area contributed by atoms with Crippen molar-refractivity contribution < 1.29 is 14.3 Å². The molecule has 1 amide bonds. The van der Waals surface area contributed by atoms with Crippen molar-refractivity contribution in [3.8, 4) is 22.9 Å². The number of fused-ring (bicyclic) bond motifs is 1. The van der Waals surface area contributed by atoms with Crippen LogP contribution >= 0.6 is 23.4 Å². The highest BCUT2D eigenvalue weighted by atomic mass is 35.5. The molecule has 0 aliphatic carbocycles. The van der Waals surface area contributed by atoms with Crippen LogP contribution < -0.4 is 14.8 Å². The molecular weight excluding hydrogens is 412 g/mol. The highest BCUT2D eigenvalue weighted by Gasteiger charge is 2.17. The number of anilines is 1. The average molecular weight is 429 g/mol. The number of hydrogen-bond donors (Lipinski definition) is 1. The zero-order valence-corrected chi connectivity index (χ0v) is 16.9.